The molecule has 3 N–H and O–H groups in total. The zero-order chi connectivity index (χ0) is 17.8. The number of aliphatic hydroxyl groups excluding tert-OH is 1. The minimum atomic E-state index is -0.702. The number of aromatic nitrogens is 1. The van der Waals surface area contributed by atoms with Gasteiger partial charge in [-0.1, -0.05) is 29.8 Å². The van der Waals surface area contributed by atoms with Crippen LogP contribution in [0.25, 0.3) is 0 Å². The normalized spacial score (nSPS) is 11.9. The molecule has 3 rings (SSSR count). The summed E-state index contributed by atoms with van der Waals surface area (Å²) >= 11 is 5.94. The van der Waals surface area contributed by atoms with Gasteiger partial charge in [-0.25, -0.2) is 4.98 Å². The first-order chi connectivity index (χ1) is 12.1. The molecule has 6 nitrogen and oxygen atoms in total. The lowest BCUT2D eigenvalue weighted by Gasteiger charge is -2.20. The Hall–Kier alpha value is -2.83. The Labute approximate surface area is 148 Å². The molecule has 7 heteroatoms. The van der Waals surface area contributed by atoms with Crippen molar-refractivity contribution in [3.8, 4) is 5.75 Å². The van der Waals surface area contributed by atoms with Crippen molar-refractivity contribution in [1.82, 2.24) is 4.98 Å². The van der Waals surface area contributed by atoms with Crippen LogP contribution in [-0.2, 0) is 6.61 Å². The van der Waals surface area contributed by atoms with E-state index in [9.17, 15) is 15.0 Å². The van der Waals surface area contributed by atoms with Crippen LogP contribution >= 0.6 is 11.6 Å². The van der Waals surface area contributed by atoms with Gasteiger partial charge in [-0.15, -0.1) is 0 Å². The quantitative estimate of drug-likeness (QED) is 0.648. The average molecular weight is 359 g/mol. The number of aromatic hydroxyl groups is 1. The Morgan fingerprint density at radius 1 is 1.20 bits per heavy atom. The molecule has 2 aromatic heterocycles. The molecule has 1 atom stereocenters. The summed E-state index contributed by atoms with van der Waals surface area (Å²) in [6.07, 6.45) is 1.61. The summed E-state index contributed by atoms with van der Waals surface area (Å²) in [7, 11) is 0. The zero-order valence-corrected chi connectivity index (χ0v) is 13.8. The van der Waals surface area contributed by atoms with Gasteiger partial charge in [0.1, 0.15) is 24.2 Å². The van der Waals surface area contributed by atoms with Crippen LogP contribution in [0.15, 0.2) is 63.9 Å². The lowest BCUT2D eigenvalue weighted by atomic mass is 10.0. The SMILES string of the molecule is O=c1cc(CO)oc([C@H](Nc2ccccn2)c2ccc(Cl)cc2)c1O. The van der Waals surface area contributed by atoms with E-state index in [0.717, 1.165) is 6.07 Å². The van der Waals surface area contributed by atoms with Crippen LogP contribution < -0.4 is 10.7 Å². The monoisotopic (exact) mass is 358 g/mol. The van der Waals surface area contributed by atoms with E-state index < -0.39 is 23.8 Å². The van der Waals surface area contributed by atoms with Crippen molar-refractivity contribution < 1.29 is 14.6 Å². The first-order valence-corrected chi connectivity index (χ1v) is 7.86. The highest BCUT2D eigenvalue weighted by Gasteiger charge is 2.24. The van der Waals surface area contributed by atoms with Crippen molar-refractivity contribution in [1.29, 1.82) is 0 Å². The number of hydrogen-bond donors (Lipinski definition) is 3. The fourth-order valence-corrected chi connectivity index (χ4v) is 2.51. The molecule has 2 heterocycles. The second-order valence-corrected chi connectivity index (χ2v) is 5.73. The molecule has 25 heavy (non-hydrogen) atoms. The van der Waals surface area contributed by atoms with Gasteiger partial charge in [0, 0.05) is 17.3 Å². The summed E-state index contributed by atoms with van der Waals surface area (Å²) < 4.78 is 5.53. The van der Waals surface area contributed by atoms with Gasteiger partial charge in [0.2, 0.25) is 11.2 Å². The van der Waals surface area contributed by atoms with E-state index >= 15 is 0 Å². The van der Waals surface area contributed by atoms with Crippen LogP contribution in [0.2, 0.25) is 5.02 Å². The Morgan fingerprint density at radius 2 is 1.96 bits per heavy atom. The molecule has 0 aliphatic heterocycles. The summed E-state index contributed by atoms with van der Waals surface area (Å²) in [4.78, 5) is 16.2. The molecule has 0 saturated carbocycles. The van der Waals surface area contributed by atoms with Crippen LogP contribution in [0.1, 0.15) is 23.1 Å². The van der Waals surface area contributed by atoms with Crippen LogP contribution in [0.5, 0.6) is 5.75 Å². The van der Waals surface area contributed by atoms with Gasteiger partial charge in [-0.3, -0.25) is 4.79 Å². The van der Waals surface area contributed by atoms with Crippen molar-refractivity contribution in [2.45, 2.75) is 12.6 Å². The van der Waals surface area contributed by atoms with Crippen molar-refractivity contribution in [3.63, 3.8) is 0 Å². The molecule has 0 aliphatic carbocycles. The predicted molar refractivity (Wildman–Crippen MR) is 93.7 cm³/mol. The predicted octanol–water partition coefficient (Wildman–Crippen LogP) is 3.09. The molecule has 0 aliphatic rings. The van der Waals surface area contributed by atoms with Crippen molar-refractivity contribution >= 4 is 17.4 Å². The number of nitrogens with zero attached hydrogens (tertiary/aromatic N) is 1. The maximum Gasteiger partial charge on any atom is 0.227 e. The molecule has 1 aromatic carbocycles. The number of anilines is 1. The third-order valence-corrected chi connectivity index (χ3v) is 3.83. The van der Waals surface area contributed by atoms with E-state index in [-0.39, 0.29) is 11.5 Å². The third kappa shape index (κ3) is 3.81. The highest BCUT2D eigenvalue weighted by molar-refractivity contribution is 6.30. The molecule has 0 saturated heterocycles. The van der Waals surface area contributed by atoms with Gasteiger partial charge in [-0.05, 0) is 29.8 Å². The Morgan fingerprint density at radius 3 is 2.60 bits per heavy atom. The van der Waals surface area contributed by atoms with E-state index in [2.05, 4.69) is 10.3 Å². The first-order valence-electron chi connectivity index (χ1n) is 7.48. The van der Waals surface area contributed by atoms with Crippen LogP contribution in [0.3, 0.4) is 0 Å². The van der Waals surface area contributed by atoms with E-state index in [4.69, 9.17) is 16.0 Å². The highest BCUT2D eigenvalue weighted by atomic mass is 35.5. The molecular weight excluding hydrogens is 344 g/mol. The van der Waals surface area contributed by atoms with Crippen molar-refractivity contribution in [2.24, 2.45) is 0 Å². The van der Waals surface area contributed by atoms with Gasteiger partial charge >= 0.3 is 0 Å². The lowest BCUT2D eigenvalue weighted by molar-refractivity contribution is 0.234. The summed E-state index contributed by atoms with van der Waals surface area (Å²) in [6, 6.07) is 12.5. The molecular formula is C18H15ClN2O4. The smallest absolute Gasteiger partial charge is 0.227 e. The minimum absolute atomic E-state index is 0.00970. The number of rotatable bonds is 5. The minimum Gasteiger partial charge on any atom is -0.502 e. The summed E-state index contributed by atoms with van der Waals surface area (Å²) in [6.45, 7) is -0.459. The first kappa shape index (κ1) is 17.0. The maximum atomic E-state index is 12.0. The van der Waals surface area contributed by atoms with E-state index in [1.54, 1.807) is 48.7 Å². The number of pyridine rings is 1. The number of halogens is 1. The fraction of sp³-hybridized carbons (Fsp3) is 0.111. The van der Waals surface area contributed by atoms with Crippen molar-refractivity contribution in [3.05, 3.63) is 87.1 Å². The Bertz CT molecular complexity index is 911. The van der Waals surface area contributed by atoms with Crippen LogP contribution in [0.4, 0.5) is 5.82 Å². The average Bonchev–Trinajstić information content (AvgIpc) is 2.64. The van der Waals surface area contributed by atoms with Gasteiger partial charge in [0.25, 0.3) is 0 Å². The molecule has 0 radical (unpaired) electrons. The summed E-state index contributed by atoms with van der Waals surface area (Å²) in [5, 5.41) is 23.2. The van der Waals surface area contributed by atoms with Gasteiger partial charge in [0.15, 0.2) is 5.76 Å². The van der Waals surface area contributed by atoms with E-state index in [0.29, 0.717) is 16.4 Å². The summed E-state index contributed by atoms with van der Waals surface area (Å²) in [5.41, 5.74) is 0.0654. The number of aliphatic hydroxyl groups is 1. The van der Waals surface area contributed by atoms with Crippen LogP contribution in [-0.4, -0.2) is 15.2 Å². The molecule has 0 spiro atoms. The fourth-order valence-electron chi connectivity index (χ4n) is 2.38. The Balaban J connectivity index is 2.12. The largest absolute Gasteiger partial charge is 0.502 e. The van der Waals surface area contributed by atoms with Crippen LogP contribution in [0, 0.1) is 0 Å². The number of benzene rings is 1. The topological polar surface area (TPSA) is 95.6 Å². The highest BCUT2D eigenvalue weighted by Crippen LogP contribution is 2.31. The van der Waals surface area contributed by atoms with Gasteiger partial charge in [0.05, 0.1) is 0 Å². The zero-order valence-electron chi connectivity index (χ0n) is 13.0. The molecule has 0 unspecified atom stereocenters. The van der Waals surface area contributed by atoms with E-state index in [1.165, 1.54) is 0 Å². The van der Waals surface area contributed by atoms with Gasteiger partial charge in [-0.2, -0.15) is 0 Å². The molecule has 0 fully saturated rings. The standard InChI is InChI=1S/C18H15ClN2O4/c19-12-6-4-11(5-7-12)16(21-15-3-1-2-8-20-15)18-17(24)14(23)9-13(10-22)25-18/h1-9,16,22,24H,10H2,(H,20,21)/t16-/m1/s1. The summed E-state index contributed by atoms with van der Waals surface area (Å²) in [5.74, 6) is 0.0450. The molecule has 3 aromatic rings. The lowest BCUT2D eigenvalue weighted by Crippen LogP contribution is -2.16. The maximum absolute atomic E-state index is 12.0. The second-order valence-electron chi connectivity index (χ2n) is 5.29. The molecule has 0 amide bonds. The molecule has 128 valence electrons. The third-order valence-electron chi connectivity index (χ3n) is 3.58. The number of nitrogens with one attached hydrogen (secondary N) is 1. The molecule has 0 bridgehead atoms. The van der Waals surface area contributed by atoms with E-state index in [1.807, 2.05) is 0 Å². The number of hydrogen-bond acceptors (Lipinski definition) is 6. The Kier molecular flexibility index (Phi) is 5.02. The second kappa shape index (κ2) is 7.38. The van der Waals surface area contributed by atoms with Crippen molar-refractivity contribution in [2.75, 3.05) is 5.32 Å². The van der Waals surface area contributed by atoms with Gasteiger partial charge < -0.3 is 19.9 Å².